The van der Waals surface area contributed by atoms with Gasteiger partial charge in [0, 0.05) is 40.3 Å². The number of pyridine rings is 2. The van der Waals surface area contributed by atoms with Crippen LogP contribution >= 0.6 is 22.9 Å². The lowest BCUT2D eigenvalue weighted by Crippen LogP contribution is -2.17. The summed E-state index contributed by atoms with van der Waals surface area (Å²) in [7, 11) is 0. The van der Waals surface area contributed by atoms with Gasteiger partial charge in [0.1, 0.15) is 18.0 Å². The van der Waals surface area contributed by atoms with Crippen LogP contribution in [0.25, 0.3) is 11.3 Å². The Labute approximate surface area is 170 Å². The molecule has 1 aliphatic rings. The number of aromatic nitrogens is 3. The summed E-state index contributed by atoms with van der Waals surface area (Å²) >= 11 is 7.46. The van der Waals surface area contributed by atoms with Crippen molar-refractivity contribution >= 4 is 28.6 Å². The van der Waals surface area contributed by atoms with E-state index in [1.54, 1.807) is 16.8 Å². The second kappa shape index (κ2) is 6.79. The Morgan fingerprint density at radius 3 is 2.86 bits per heavy atom. The molecule has 7 heteroatoms. The smallest absolute Gasteiger partial charge is 0.258 e. The average molecular weight is 412 g/mol. The van der Waals surface area contributed by atoms with Crippen LogP contribution in [0.4, 0.5) is 0 Å². The number of aryl methyl sites for hydroxylation is 1. The van der Waals surface area contributed by atoms with Crippen molar-refractivity contribution in [3.63, 3.8) is 0 Å². The van der Waals surface area contributed by atoms with E-state index in [-0.39, 0.29) is 5.56 Å². The van der Waals surface area contributed by atoms with Gasteiger partial charge >= 0.3 is 0 Å². The fourth-order valence-electron chi connectivity index (χ4n) is 3.40. The summed E-state index contributed by atoms with van der Waals surface area (Å²) in [6, 6.07) is 9.07. The molecule has 0 bridgehead atoms. The van der Waals surface area contributed by atoms with Crippen LogP contribution in [0.15, 0.2) is 52.9 Å². The van der Waals surface area contributed by atoms with Gasteiger partial charge in [-0.05, 0) is 44.0 Å². The molecular formula is C21H18ClN3O2S. The lowest BCUT2D eigenvalue weighted by molar-refractivity contribution is 0.309. The van der Waals surface area contributed by atoms with Crippen molar-refractivity contribution in [2.24, 2.45) is 0 Å². The summed E-state index contributed by atoms with van der Waals surface area (Å²) in [4.78, 5) is 18.4. The topological polar surface area (TPSA) is 48.5 Å². The first-order valence-corrected chi connectivity index (χ1v) is 10.4. The monoisotopic (exact) mass is 411 g/mol. The van der Waals surface area contributed by atoms with Crippen LogP contribution in [0.5, 0.6) is 5.75 Å². The van der Waals surface area contributed by atoms with E-state index in [4.69, 9.17) is 21.3 Å². The lowest BCUT2D eigenvalue weighted by Gasteiger charge is -2.09. The number of ether oxygens (including phenoxy) is 1. The highest BCUT2D eigenvalue weighted by atomic mass is 35.5. The van der Waals surface area contributed by atoms with Crippen LogP contribution in [0.1, 0.15) is 35.0 Å². The number of thiophene rings is 1. The molecule has 4 aromatic rings. The molecule has 28 heavy (non-hydrogen) atoms. The molecule has 0 saturated heterocycles. The van der Waals surface area contributed by atoms with E-state index in [1.165, 1.54) is 35.9 Å². The molecule has 0 atom stereocenters. The fraction of sp³-hybridized carbons (Fsp3) is 0.238. The van der Waals surface area contributed by atoms with Gasteiger partial charge in [0.2, 0.25) is 0 Å². The Bertz CT molecular complexity index is 1240. The van der Waals surface area contributed by atoms with E-state index in [1.807, 2.05) is 29.8 Å². The molecule has 0 aromatic carbocycles. The lowest BCUT2D eigenvalue weighted by atomic mass is 10.2. The van der Waals surface area contributed by atoms with Crippen molar-refractivity contribution < 1.29 is 4.74 Å². The second-order valence-corrected chi connectivity index (χ2v) is 8.50. The van der Waals surface area contributed by atoms with E-state index in [2.05, 4.69) is 11.3 Å². The van der Waals surface area contributed by atoms with Gasteiger partial charge in [0.15, 0.2) is 0 Å². The molecule has 1 saturated carbocycles. The molecule has 1 fully saturated rings. The first-order chi connectivity index (χ1) is 13.6. The van der Waals surface area contributed by atoms with Crippen molar-refractivity contribution in [1.82, 2.24) is 14.0 Å². The highest BCUT2D eigenvalue weighted by molar-refractivity contribution is 7.10. The molecule has 142 valence electrons. The summed E-state index contributed by atoms with van der Waals surface area (Å²) < 4.78 is 9.41. The third-order valence-electron chi connectivity index (χ3n) is 5.01. The quantitative estimate of drug-likeness (QED) is 0.466. The SMILES string of the molecule is Cc1c(C2CC2)nc2ccc(-n3ccc(OCc4cc(Cl)cs4)cc3=O)cn12. The molecule has 5 nitrogen and oxygen atoms in total. The maximum absolute atomic E-state index is 12.6. The summed E-state index contributed by atoms with van der Waals surface area (Å²) in [5, 5.41) is 2.57. The summed E-state index contributed by atoms with van der Waals surface area (Å²) in [5.74, 6) is 1.14. The van der Waals surface area contributed by atoms with Crippen LogP contribution in [0.3, 0.4) is 0 Å². The molecule has 0 amide bonds. The minimum atomic E-state index is -0.138. The van der Waals surface area contributed by atoms with Gasteiger partial charge in [-0.3, -0.25) is 9.36 Å². The van der Waals surface area contributed by atoms with Gasteiger partial charge in [0.25, 0.3) is 5.56 Å². The van der Waals surface area contributed by atoms with Crippen LogP contribution in [0.2, 0.25) is 5.02 Å². The number of hydrogen-bond donors (Lipinski definition) is 0. The highest BCUT2D eigenvalue weighted by Crippen LogP contribution is 2.41. The van der Waals surface area contributed by atoms with Gasteiger partial charge in [-0.2, -0.15) is 0 Å². The van der Waals surface area contributed by atoms with E-state index in [9.17, 15) is 4.79 Å². The number of halogens is 1. The van der Waals surface area contributed by atoms with E-state index in [0.717, 1.165) is 21.9 Å². The zero-order valence-corrected chi connectivity index (χ0v) is 16.8. The van der Waals surface area contributed by atoms with Gasteiger partial charge in [-0.25, -0.2) is 4.98 Å². The number of nitrogens with zero attached hydrogens (tertiary/aromatic N) is 3. The maximum Gasteiger partial charge on any atom is 0.258 e. The molecular weight excluding hydrogens is 394 g/mol. The van der Waals surface area contributed by atoms with Gasteiger partial charge in [0.05, 0.1) is 16.4 Å². The normalized spacial score (nSPS) is 13.9. The standard InChI is InChI=1S/C21H18ClN3O2S/c1-13-21(14-2-3-14)23-19-5-4-16(10-25(13)19)24-7-6-17(9-20(24)26)27-11-18-8-15(22)12-28-18/h4-10,12,14H,2-3,11H2,1H3. The number of hydrogen-bond acceptors (Lipinski definition) is 4. The first-order valence-electron chi connectivity index (χ1n) is 9.16. The Kier molecular flexibility index (Phi) is 4.25. The highest BCUT2D eigenvalue weighted by Gasteiger charge is 2.28. The predicted octanol–water partition coefficient (Wildman–Crippen LogP) is 4.96. The van der Waals surface area contributed by atoms with E-state index >= 15 is 0 Å². The van der Waals surface area contributed by atoms with E-state index in [0.29, 0.717) is 23.3 Å². The molecule has 0 spiro atoms. The number of imidazole rings is 1. The van der Waals surface area contributed by atoms with Gasteiger partial charge in [-0.15, -0.1) is 11.3 Å². The molecule has 5 rings (SSSR count). The van der Waals surface area contributed by atoms with Gasteiger partial charge < -0.3 is 9.14 Å². The summed E-state index contributed by atoms with van der Waals surface area (Å²) in [5.41, 5.74) is 3.92. The first kappa shape index (κ1) is 17.5. The predicted molar refractivity (Wildman–Crippen MR) is 111 cm³/mol. The number of fused-ring (bicyclic) bond motifs is 1. The maximum atomic E-state index is 12.6. The second-order valence-electron chi connectivity index (χ2n) is 7.06. The Hall–Kier alpha value is -2.57. The Morgan fingerprint density at radius 1 is 1.29 bits per heavy atom. The van der Waals surface area contributed by atoms with Crippen LogP contribution < -0.4 is 10.3 Å². The Balaban J connectivity index is 1.42. The van der Waals surface area contributed by atoms with Crippen molar-refractivity contribution in [2.45, 2.75) is 32.3 Å². The third-order valence-corrected chi connectivity index (χ3v) is 6.27. The van der Waals surface area contributed by atoms with Crippen molar-refractivity contribution in [1.29, 1.82) is 0 Å². The molecule has 0 aliphatic heterocycles. The minimum Gasteiger partial charge on any atom is -0.488 e. The van der Waals surface area contributed by atoms with E-state index < -0.39 is 0 Å². The largest absolute Gasteiger partial charge is 0.488 e. The zero-order chi connectivity index (χ0) is 19.3. The molecule has 1 aliphatic carbocycles. The number of rotatable bonds is 5. The van der Waals surface area contributed by atoms with Crippen LogP contribution in [-0.2, 0) is 6.61 Å². The van der Waals surface area contributed by atoms with Gasteiger partial charge in [-0.1, -0.05) is 11.6 Å². The molecule has 4 aromatic heterocycles. The molecule has 4 heterocycles. The van der Waals surface area contributed by atoms with Crippen LogP contribution in [-0.4, -0.2) is 14.0 Å². The average Bonchev–Trinajstić information content (AvgIpc) is 3.37. The molecule has 0 unspecified atom stereocenters. The van der Waals surface area contributed by atoms with Crippen LogP contribution in [0, 0.1) is 6.92 Å². The zero-order valence-electron chi connectivity index (χ0n) is 15.3. The van der Waals surface area contributed by atoms with Crippen molar-refractivity contribution in [2.75, 3.05) is 0 Å². The van der Waals surface area contributed by atoms with Crippen molar-refractivity contribution in [3.05, 3.63) is 79.7 Å². The Morgan fingerprint density at radius 2 is 2.14 bits per heavy atom. The minimum absolute atomic E-state index is 0.138. The molecule has 0 N–H and O–H groups in total. The molecule has 0 radical (unpaired) electrons. The fourth-order valence-corrected chi connectivity index (χ4v) is 4.39. The third kappa shape index (κ3) is 3.23. The summed E-state index contributed by atoms with van der Waals surface area (Å²) in [6.45, 7) is 2.49. The van der Waals surface area contributed by atoms with Crippen molar-refractivity contribution in [3.8, 4) is 11.4 Å². The summed E-state index contributed by atoms with van der Waals surface area (Å²) in [6.07, 6.45) is 6.15.